The Labute approximate surface area is 120 Å². The Morgan fingerprint density at radius 3 is 2.74 bits per heavy atom. The third-order valence-electron chi connectivity index (χ3n) is 2.29. The van der Waals surface area contributed by atoms with Crippen LogP contribution in [0.2, 0.25) is 5.02 Å². The molecule has 0 unspecified atom stereocenters. The van der Waals surface area contributed by atoms with Gasteiger partial charge in [-0.3, -0.25) is 0 Å². The number of benzene rings is 1. The normalized spacial score (nSPS) is 10.6. The van der Waals surface area contributed by atoms with E-state index in [1.54, 1.807) is 48.9 Å². The molecule has 2 rings (SSSR count). The van der Waals surface area contributed by atoms with Crippen molar-refractivity contribution in [2.24, 2.45) is 5.10 Å². The fourth-order valence-electron chi connectivity index (χ4n) is 1.30. The van der Waals surface area contributed by atoms with Crippen LogP contribution in [-0.4, -0.2) is 24.3 Å². The van der Waals surface area contributed by atoms with Crippen molar-refractivity contribution in [3.8, 4) is 0 Å². The molecule has 19 heavy (non-hydrogen) atoms. The van der Waals surface area contributed by atoms with Crippen molar-refractivity contribution in [2.45, 2.75) is 0 Å². The van der Waals surface area contributed by atoms with Gasteiger partial charge in [0.2, 0.25) is 0 Å². The lowest BCUT2D eigenvalue weighted by molar-refractivity contribution is 0.224. The lowest BCUT2D eigenvalue weighted by Gasteiger charge is -2.12. The molecule has 0 saturated carbocycles. The molecule has 0 spiro atoms. The summed E-state index contributed by atoms with van der Waals surface area (Å²) in [7, 11) is 1.59. The van der Waals surface area contributed by atoms with Crippen LogP contribution in [0.15, 0.2) is 46.9 Å². The second-order valence-electron chi connectivity index (χ2n) is 3.72. The standard InChI is InChI=1S/C13H12ClN3OS/c1-17(15-9-12-3-2-8-19-12)13(18)16-11-6-4-10(14)5-7-11/h2-9H,1H3,(H,16,18)/b15-9+. The highest BCUT2D eigenvalue weighted by molar-refractivity contribution is 7.11. The maximum atomic E-state index is 11.8. The van der Waals surface area contributed by atoms with Gasteiger partial charge in [0.1, 0.15) is 0 Å². The molecule has 2 amide bonds. The SMILES string of the molecule is CN(/N=C/c1cccs1)C(=O)Nc1ccc(Cl)cc1. The molecule has 0 aliphatic carbocycles. The smallest absolute Gasteiger partial charge is 0.306 e. The van der Waals surface area contributed by atoms with Crippen molar-refractivity contribution in [1.29, 1.82) is 0 Å². The second kappa shape index (κ2) is 6.36. The van der Waals surface area contributed by atoms with Crippen molar-refractivity contribution >= 4 is 40.9 Å². The van der Waals surface area contributed by atoms with Crippen LogP contribution in [0.3, 0.4) is 0 Å². The summed E-state index contributed by atoms with van der Waals surface area (Å²) in [4.78, 5) is 12.8. The summed E-state index contributed by atoms with van der Waals surface area (Å²) in [6, 6.07) is 10.4. The van der Waals surface area contributed by atoms with E-state index in [9.17, 15) is 4.79 Å². The summed E-state index contributed by atoms with van der Waals surface area (Å²) in [6.45, 7) is 0. The Hall–Kier alpha value is -1.85. The van der Waals surface area contributed by atoms with Crippen LogP contribution in [0.4, 0.5) is 10.5 Å². The number of nitrogens with one attached hydrogen (secondary N) is 1. The predicted molar refractivity (Wildman–Crippen MR) is 80.1 cm³/mol. The minimum absolute atomic E-state index is 0.310. The monoisotopic (exact) mass is 293 g/mol. The van der Waals surface area contributed by atoms with Crippen LogP contribution < -0.4 is 5.32 Å². The maximum Gasteiger partial charge on any atom is 0.341 e. The van der Waals surface area contributed by atoms with E-state index < -0.39 is 0 Å². The molecular weight excluding hydrogens is 282 g/mol. The van der Waals surface area contributed by atoms with Crippen LogP contribution >= 0.6 is 22.9 Å². The molecule has 0 saturated heterocycles. The summed E-state index contributed by atoms with van der Waals surface area (Å²) in [6.07, 6.45) is 1.64. The lowest BCUT2D eigenvalue weighted by Crippen LogP contribution is -2.26. The van der Waals surface area contributed by atoms with Crippen molar-refractivity contribution in [3.05, 3.63) is 51.7 Å². The third-order valence-corrected chi connectivity index (χ3v) is 3.35. The van der Waals surface area contributed by atoms with Crippen molar-refractivity contribution in [3.63, 3.8) is 0 Å². The number of thiophene rings is 1. The van der Waals surface area contributed by atoms with Crippen LogP contribution in [0.1, 0.15) is 4.88 Å². The van der Waals surface area contributed by atoms with E-state index in [-0.39, 0.29) is 6.03 Å². The molecule has 2 aromatic rings. The summed E-state index contributed by atoms with van der Waals surface area (Å²) in [5.74, 6) is 0. The van der Waals surface area contributed by atoms with Crippen molar-refractivity contribution < 1.29 is 4.79 Å². The minimum atomic E-state index is -0.310. The van der Waals surface area contributed by atoms with E-state index in [4.69, 9.17) is 11.6 Å². The van der Waals surface area contributed by atoms with Gasteiger partial charge in [-0.05, 0) is 35.7 Å². The Morgan fingerprint density at radius 2 is 2.11 bits per heavy atom. The first-order valence-electron chi connectivity index (χ1n) is 5.53. The van der Waals surface area contributed by atoms with Gasteiger partial charge in [-0.2, -0.15) is 5.10 Å². The van der Waals surface area contributed by atoms with E-state index >= 15 is 0 Å². The first-order chi connectivity index (χ1) is 9.15. The molecule has 0 atom stereocenters. The molecule has 1 N–H and O–H groups in total. The first kappa shape index (κ1) is 13.6. The van der Waals surface area contributed by atoms with Crippen LogP contribution in [0, 0.1) is 0 Å². The number of nitrogens with zero attached hydrogens (tertiary/aromatic N) is 2. The fourth-order valence-corrected chi connectivity index (χ4v) is 2.00. The quantitative estimate of drug-likeness (QED) is 0.677. The van der Waals surface area contributed by atoms with Gasteiger partial charge in [-0.1, -0.05) is 17.7 Å². The van der Waals surface area contributed by atoms with E-state index in [1.165, 1.54) is 5.01 Å². The zero-order valence-corrected chi connectivity index (χ0v) is 11.8. The number of urea groups is 1. The number of rotatable bonds is 3. The Balaban J connectivity index is 1.94. The maximum absolute atomic E-state index is 11.8. The molecule has 0 radical (unpaired) electrons. The largest absolute Gasteiger partial charge is 0.341 e. The molecular formula is C13H12ClN3OS. The zero-order valence-electron chi connectivity index (χ0n) is 10.2. The van der Waals surface area contributed by atoms with Gasteiger partial charge in [-0.25, -0.2) is 9.80 Å². The molecule has 1 aromatic carbocycles. The van der Waals surface area contributed by atoms with E-state index in [0.29, 0.717) is 10.7 Å². The Morgan fingerprint density at radius 1 is 1.37 bits per heavy atom. The summed E-state index contributed by atoms with van der Waals surface area (Å²) < 4.78 is 0. The molecule has 0 fully saturated rings. The summed E-state index contributed by atoms with van der Waals surface area (Å²) >= 11 is 7.33. The number of anilines is 1. The Bertz CT molecular complexity index is 566. The average molecular weight is 294 g/mol. The van der Waals surface area contributed by atoms with Gasteiger partial charge in [0.15, 0.2) is 0 Å². The highest BCUT2D eigenvalue weighted by Gasteiger charge is 2.06. The fraction of sp³-hybridized carbons (Fsp3) is 0.0769. The highest BCUT2D eigenvalue weighted by atomic mass is 35.5. The molecule has 0 aliphatic rings. The van der Waals surface area contributed by atoms with E-state index in [1.807, 2.05) is 17.5 Å². The highest BCUT2D eigenvalue weighted by Crippen LogP contribution is 2.13. The predicted octanol–water partition coefficient (Wildman–Crippen LogP) is 3.90. The molecule has 4 nitrogen and oxygen atoms in total. The van der Waals surface area contributed by atoms with Crippen molar-refractivity contribution in [2.75, 3.05) is 12.4 Å². The summed E-state index contributed by atoms with van der Waals surface area (Å²) in [5, 5.41) is 10.6. The number of carbonyl (C=O) groups is 1. The van der Waals surface area contributed by atoms with Crippen LogP contribution in [-0.2, 0) is 0 Å². The van der Waals surface area contributed by atoms with Crippen LogP contribution in [0.25, 0.3) is 0 Å². The van der Waals surface area contributed by atoms with E-state index in [2.05, 4.69) is 10.4 Å². The summed E-state index contributed by atoms with van der Waals surface area (Å²) in [5.41, 5.74) is 0.674. The first-order valence-corrected chi connectivity index (χ1v) is 6.78. The van der Waals surface area contributed by atoms with Gasteiger partial charge in [0, 0.05) is 22.6 Å². The van der Waals surface area contributed by atoms with Crippen molar-refractivity contribution in [1.82, 2.24) is 5.01 Å². The number of halogens is 1. The van der Waals surface area contributed by atoms with Gasteiger partial charge >= 0.3 is 6.03 Å². The van der Waals surface area contributed by atoms with Gasteiger partial charge in [0.25, 0.3) is 0 Å². The molecule has 1 aromatic heterocycles. The third kappa shape index (κ3) is 4.08. The number of hydrogen-bond donors (Lipinski definition) is 1. The zero-order chi connectivity index (χ0) is 13.7. The van der Waals surface area contributed by atoms with Gasteiger partial charge in [-0.15, -0.1) is 11.3 Å². The number of hydrogen-bond acceptors (Lipinski definition) is 3. The second-order valence-corrected chi connectivity index (χ2v) is 5.14. The van der Waals surface area contributed by atoms with Gasteiger partial charge < -0.3 is 5.32 Å². The number of amides is 2. The van der Waals surface area contributed by atoms with Gasteiger partial charge in [0.05, 0.1) is 6.21 Å². The molecule has 0 bridgehead atoms. The average Bonchev–Trinajstić information content (AvgIpc) is 2.91. The minimum Gasteiger partial charge on any atom is -0.306 e. The molecule has 1 heterocycles. The molecule has 6 heteroatoms. The van der Waals surface area contributed by atoms with E-state index in [0.717, 1.165) is 4.88 Å². The van der Waals surface area contributed by atoms with Crippen LogP contribution in [0.5, 0.6) is 0 Å². The lowest BCUT2D eigenvalue weighted by atomic mass is 10.3. The Kier molecular flexibility index (Phi) is 4.54. The topological polar surface area (TPSA) is 44.7 Å². The molecule has 0 aliphatic heterocycles. The number of hydrazone groups is 1. The molecule has 98 valence electrons. The number of carbonyl (C=O) groups excluding carboxylic acids is 1.